The largest absolute Gasteiger partial charge is 0.381 e. The minimum atomic E-state index is -1.20. The third-order valence-electron chi connectivity index (χ3n) is 5.47. The summed E-state index contributed by atoms with van der Waals surface area (Å²) in [6, 6.07) is 6.53. The maximum absolute atomic E-state index is 14.2. The van der Waals surface area contributed by atoms with Crippen LogP contribution in [0.15, 0.2) is 24.3 Å². The molecule has 1 atom stereocenters. The van der Waals surface area contributed by atoms with Crippen LogP contribution < -0.4 is 5.73 Å². The van der Waals surface area contributed by atoms with E-state index in [9.17, 15) is 14.0 Å². The van der Waals surface area contributed by atoms with E-state index in [0.717, 1.165) is 0 Å². The third kappa shape index (κ3) is 3.59. The molecular weight excluding hydrogens is 339 g/mol. The summed E-state index contributed by atoms with van der Waals surface area (Å²) in [5, 5.41) is 0. The molecule has 2 aliphatic rings. The van der Waals surface area contributed by atoms with Crippen molar-refractivity contribution < 1.29 is 23.5 Å². The van der Waals surface area contributed by atoms with Crippen LogP contribution in [-0.4, -0.2) is 55.2 Å². The Hall–Kier alpha value is -1.99. The number of amides is 2. The fourth-order valence-corrected chi connectivity index (χ4v) is 3.76. The van der Waals surface area contributed by atoms with E-state index in [4.69, 9.17) is 15.2 Å². The topological polar surface area (TPSA) is 81.9 Å². The van der Waals surface area contributed by atoms with Gasteiger partial charge in [-0.05, 0) is 37.8 Å². The second kappa shape index (κ2) is 7.32. The van der Waals surface area contributed by atoms with Crippen LogP contribution in [0, 0.1) is 11.2 Å². The van der Waals surface area contributed by atoms with Crippen molar-refractivity contribution in [3.63, 3.8) is 0 Å². The summed E-state index contributed by atoms with van der Waals surface area (Å²) in [6.07, 6.45) is 1.35. The van der Waals surface area contributed by atoms with Gasteiger partial charge < -0.3 is 20.1 Å². The zero-order valence-corrected chi connectivity index (χ0v) is 15.0. The molecule has 0 spiro atoms. The predicted octanol–water partition coefficient (Wildman–Crippen LogP) is 1.27. The lowest BCUT2D eigenvalue weighted by Gasteiger charge is -2.44. The van der Waals surface area contributed by atoms with Gasteiger partial charge in [0.2, 0.25) is 5.91 Å². The Kier molecular flexibility index (Phi) is 5.29. The molecule has 1 aromatic carbocycles. The Morgan fingerprint density at radius 3 is 2.58 bits per heavy atom. The molecule has 2 saturated heterocycles. The number of primary amides is 1. The molecule has 2 amide bonds. The number of morpholine rings is 1. The van der Waals surface area contributed by atoms with E-state index in [-0.39, 0.29) is 24.9 Å². The quantitative estimate of drug-likeness (QED) is 0.872. The number of benzene rings is 1. The van der Waals surface area contributed by atoms with Crippen molar-refractivity contribution in [1.29, 1.82) is 0 Å². The summed E-state index contributed by atoms with van der Waals surface area (Å²) in [5.41, 5.74) is 4.03. The van der Waals surface area contributed by atoms with E-state index in [2.05, 4.69) is 0 Å². The molecule has 26 heavy (non-hydrogen) atoms. The fourth-order valence-electron chi connectivity index (χ4n) is 3.76. The van der Waals surface area contributed by atoms with Crippen LogP contribution in [0.5, 0.6) is 0 Å². The van der Waals surface area contributed by atoms with Crippen molar-refractivity contribution in [3.05, 3.63) is 35.6 Å². The van der Waals surface area contributed by atoms with Crippen LogP contribution in [0.25, 0.3) is 0 Å². The van der Waals surface area contributed by atoms with Gasteiger partial charge in [0, 0.05) is 19.8 Å². The standard InChI is InChI=1S/C19H25FN2O4/c1-18(16(21)23)13-22(8-11-26-18)17(24)19(6-9-25-10-7-19)12-14-4-2-3-5-15(14)20/h2-5H,6-13H2,1H3,(H2,21,23). The lowest BCUT2D eigenvalue weighted by atomic mass is 9.73. The minimum absolute atomic E-state index is 0.0835. The Balaban J connectivity index is 1.86. The van der Waals surface area contributed by atoms with E-state index in [1.165, 1.54) is 6.07 Å². The van der Waals surface area contributed by atoms with Crippen LogP contribution in [0.2, 0.25) is 0 Å². The second-order valence-corrected chi connectivity index (χ2v) is 7.33. The molecule has 2 N–H and O–H groups in total. The van der Waals surface area contributed by atoms with Crippen molar-refractivity contribution in [3.8, 4) is 0 Å². The molecule has 2 heterocycles. The first kappa shape index (κ1) is 18.8. The molecule has 0 aliphatic carbocycles. The average Bonchev–Trinajstić information content (AvgIpc) is 2.64. The van der Waals surface area contributed by atoms with Crippen molar-refractivity contribution in [2.75, 3.05) is 32.9 Å². The first-order valence-electron chi connectivity index (χ1n) is 8.91. The molecule has 0 radical (unpaired) electrons. The van der Waals surface area contributed by atoms with Crippen molar-refractivity contribution in [1.82, 2.24) is 4.90 Å². The van der Waals surface area contributed by atoms with Crippen molar-refractivity contribution in [2.45, 2.75) is 31.8 Å². The molecule has 1 aromatic rings. The highest BCUT2D eigenvalue weighted by molar-refractivity contribution is 5.87. The van der Waals surface area contributed by atoms with E-state index in [1.807, 2.05) is 0 Å². The lowest BCUT2D eigenvalue weighted by molar-refractivity contribution is -0.169. The second-order valence-electron chi connectivity index (χ2n) is 7.33. The molecular formula is C19H25FN2O4. The van der Waals surface area contributed by atoms with Crippen LogP contribution in [0.1, 0.15) is 25.3 Å². The summed E-state index contributed by atoms with van der Waals surface area (Å²) in [6.45, 7) is 3.26. The molecule has 7 heteroatoms. The third-order valence-corrected chi connectivity index (χ3v) is 5.47. The van der Waals surface area contributed by atoms with E-state index < -0.39 is 16.9 Å². The predicted molar refractivity (Wildman–Crippen MR) is 92.7 cm³/mol. The van der Waals surface area contributed by atoms with Crippen molar-refractivity contribution in [2.24, 2.45) is 11.1 Å². The van der Waals surface area contributed by atoms with Gasteiger partial charge in [-0.15, -0.1) is 0 Å². The summed E-state index contributed by atoms with van der Waals surface area (Å²) >= 11 is 0. The molecule has 0 aromatic heterocycles. The highest BCUT2D eigenvalue weighted by atomic mass is 19.1. The maximum atomic E-state index is 14.2. The van der Waals surface area contributed by atoms with Gasteiger partial charge in [-0.1, -0.05) is 18.2 Å². The lowest BCUT2D eigenvalue weighted by Crippen LogP contribution is -2.61. The normalized spacial score (nSPS) is 25.7. The number of halogens is 1. The van der Waals surface area contributed by atoms with E-state index in [1.54, 1.807) is 30.0 Å². The van der Waals surface area contributed by atoms with Crippen LogP contribution in [-0.2, 0) is 25.5 Å². The minimum Gasteiger partial charge on any atom is -0.381 e. The van der Waals surface area contributed by atoms with Crippen LogP contribution in [0.3, 0.4) is 0 Å². The Morgan fingerprint density at radius 2 is 1.92 bits per heavy atom. The van der Waals surface area contributed by atoms with Gasteiger partial charge in [-0.25, -0.2) is 4.39 Å². The van der Waals surface area contributed by atoms with Gasteiger partial charge in [0.05, 0.1) is 18.6 Å². The number of nitrogens with two attached hydrogens (primary N) is 1. The first-order valence-corrected chi connectivity index (χ1v) is 8.91. The van der Waals surface area contributed by atoms with Gasteiger partial charge >= 0.3 is 0 Å². The fraction of sp³-hybridized carbons (Fsp3) is 0.579. The van der Waals surface area contributed by atoms with Gasteiger partial charge in [0.15, 0.2) is 5.60 Å². The number of hydrogen-bond acceptors (Lipinski definition) is 4. The Bertz CT molecular complexity index is 690. The van der Waals surface area contributed by atoms with E-state index in [0.29, 0.717) is 44.6 Å². The SMILES string of the molecule is CC1(C(N)=O)CN(C(=O)C2(Cc3ccccc3F)CCOCC2)CCO1. The van der Waals surface area contributed by atoms with Gasteiger partial charge in [0.1, 0.15) is 5.82 Å². The number of nitrogens with zero attached hydrogens (tertiary/aromatic N) is 1. The van der Waals surface area contributed by atoms with Gasteiger partial charge in [-0.3, -0.25) is 9.59 Å². The number of carbonyl (C=O) groups is 2. The molecule has 1 unspecified atom stereocenters. The zero-order valence-electron chi connectivity index (χ0n) is 15.0. The molecule has 6 nitrogen and oxygen atoms in total. The molecule has 142 valence electrons. The highest BCUT2D eigenvalue weighted by Crippen LogP contribution is 2.38. The highest BCUT2D eigenvalue weighted by Gasteiger charge is 2.47. The number of carbonyl (C=O) groups excluding carboxylic acids is 2. The maximum Gasteiger partial charge on any atom is 0.251 e. The first-order chi connectivity index (χ1) is 12.4. The summed E-state index contributed by atoms with van der Waals surface area (Å²) in [5.74, 6) is -0.986. The molecule has 2 fully saturated rings. The summed E-state index contributed by atoms with van der Waals surface area (Å²) in [7, 11) is 0. The van der Waals surface area contributed by atoms with Crippen molar-refractivity contribution >= 4 is 11.8 Å². The van der Waals surface area contributed by atoms with Gasteiger partial charge in [-0.2, -0.15) is 0 Å². The number of ether oxygens (including phenoxy) is 2. The average molecular weight is 364 g/mol. The molecule has 3 rings (SSSR count). The van der Waals surface area contributed by atoms with Gasteiger partial charge in [0.25, 0.3) is 5.91 Å². The number of hydrogen-bond donors (Lipinski definition) is 1. The Labute approximate surface area is 152 Å². The monoisotopic (exact) mass is 364 g/mol. The zero-order chi connectivity index (χ0) is 18.8. The Morgan fingerprint density at radius 1 is 1.23 bits per heavy atom. The van der Waals surface area contributed by atoms with E-state index >= 15 is 0 Å². The number of rotatable bonds is 4. The molecule has 0 saturated carbocycles. The van der Waals surface area contributed by atoms with Crippen LogP contribution in [0.4, 0.5) is 4.39 Å². The van der Waals surface area contributed by atoms with Crippen LogP contribution >= 0.6 is 0 Å². The molecule has 2 aliphatic heterocycles. The summed E-state index contributed by atoms with van der Waals surface area (Å²) in [4.78, 5) is 26.8. The smallest absolute Gasteiger partial charge is 0.251 e. The molecule has 0 bridgehead atoms. The summed E-state index contributed by atoms with van der Waals surface area (Å²) < 4.78 is 25.2.